The van der Waals surface area contributed by atoms with E-state index in [0.29, 0.717) is 0 Å². The van der Waals surface area contributed by atoms with E-state index < -0.39 is 0 Å². The van der Waals surface area contributed by atoms with Crippen LogP contribution in [0.4, 0.5) is 5.69 Å². The van der Waals surface area contributed by atoms with Crippen LogP contribution in [0, 0.1) is 8.99 Å². The smallest absolute Gasteiger partial charge is 0.128 e. The van der Waals surface area contributed by atoms with Gasteiger partial charge in [0.15, 0.2) is 0 Å². The standard InChI is InChI=1S/C15H16INO/c1-15(2)8-11(10-18)7-14(9-15)17-13-5-3-12(16)4-6-13/h3-7,17H,8-9H2,1-2H3. The van der Waals surface area contributed by atoms with Crippen molar-refractivity contribution in [2.45, 2.75) is 26.7 Å². The molecule has 1 aliphatic rings. The minimum Gasteiger partial charge on any atom is -0.359 e. The van der Waals surface area contributed by atoms with Gasteiger partial charge in [-0.05, 0) is 71.2 Å². The van der Waals surface area contributed by atoms with E-state index >= 15 is 0 Å². The molecular weight excluding hydrogens is 337 g/mol. The van der Waals surface area contributed by atoms with E-state index in [1.54, 1.807) is 0 Å². The highest BCUT2D eigenvalue weighted by Gasteiger charge is 2.26. The summed E-state index contributed by atoms with van der Waals surface area (Å²) in [5.41, 5.74) is 3.02. The lowest BCUT2D eigenvalue weighted by Crippen LogP contribution is -2.20. The van der Waals surface area contributed by atoms with E-state index in [-0.39, 0.29) is 5.41 Å². The van der Waals surface area contributed by atoms with Crippen LogP contribution >= 0.6 is 22.6 Å². The zero-order valence-corrected chi connectivity index (χ0v) is 12.7. The quantitative estimate of drug-likeness (QED) is 0.639. The number of carbonyl (C=O) groups excluding carboxylic acids is 1. The maximum absolute atomic E-state index is 10.9. The van der Waals surface area contributed by atoms with Crippen LogP contribution in [0.1, 0.15) is 26.7 Å². The molecule has 1 N–H and O–H groups in total. The summed E-state index contributed by atoms with van der Waals surface area (Å²) in [7, 11) is 0. The van der Waals surface area contributed by atoms with Gasteiger partial charge in [0.1, 0.15) is 5.94 Å². The van der Waals surface area contributed by atoms with Crippen LogP contribution in [0.2, 0.25) is 0 Å². The Bertz CT molecular complexity index is 522. The first-order chi connectivity index (χ1) is 8.48. The second-order valence-corrected chi connectivity index (χ2v) is 6.69. The molecule has 2 rings (SSSR count). The SMILES string of the molecule is CC1(C)CC(=C=O)C=C(Nc2ccc(I)cc2)C1. The molecule has 1 aliphatic carbocycles. The average Bonchev–Trinajstić information content (AvgIpc) is 2.30. The Labute approximate surface area is 121 Å². The zero-order chi connectivity index (χ0) is 13.2. The topological polar surface area (TPSA) is 29.1 Å². The van der Waals surface area contributed by atoms with Gasteiger partial charge in [-0.25, -0.2) is 4.79 Å². The normalized spacial score (nSPS) is 17.9. The summed E-state index contributed by atoms with van der Waals surface area (Å²) in [4.78, 5) is 10.9. The molecule has 0 spiro atoms. The Kier molecular flexibility index (Phi) is 3.93. The lowest BCUT2D eigenvalue weighted by atomic mass is 9.77. The van der Waals surface area contributed by atoms with Crippen LogP contribution in [0.5, 0.6) is 0 Å². The van der Waals surface area contributed by atoms with Gasteiger partial charge in [0.2, 0.25) is 0 Å². The maximum Gasteiger partial charge on any atom is 0.128 e. The summed E-state index contributed by atoms with van der Waals surface area (Å²) in [6.45, 7) is 4.35. The first kappa shape index (κ1) is 13.4. The molecule has 18 heavy (non-hydrogen) atoms. The Morgan fingerprint density at radius 1 is 1.22 bits per heavy atom. The van der Waals surface area contributed by atoms with Gasteiger partial charge in [0.25, 0.3) is 0 Å². The molecular formula is C15H16INO. The summed E-state index contributed by atoms with van der Waals surface area (Å²) in [6, 6.07) is 8.23. The number of nitrogens with one attached hydrogen (secondary N) is 1. The van der Waals surface area contributed by atoms with Crippen molar-refractivity contribution >= 4 is 34.2 Å². The van der Waals surface area contributed by atoms with Gasteiger partial charge in [0.05, 0.1) is 0 Å². The fourth-order valence-corrected chi connectivity index (χ4v) is 2.63. The van der Waals surface area contributed by atoms with Crippen LogP contribution in [-0.2, 0) is 4.79 Å². The molecule has 0 aliphatic heterocycles. The number of allylic oxidation sites excluding steroid dienone is 3. The molecule has 0 aromatic heterocycles. The maximum atomic E-state index is 10.9. The van der Waals surface area contributed by atoms with Gasteiger partial charge < -0.3 is 5.32 Å². The van der Waals surface area contributed by atoms with Gasteiger partial charge in [-0.3, -0.25) is 0 Å². The molecule has 3 heteroatoms. The van der Waals surface area contributed by atoms with Crippen molar-refractivity contribution in [3.63, 3.8) is 0 Å². The first-order valence-corrected chi connectivity index (χ1v) is 7.03. The molecule has 0 atom stereocenters. The highest BCUT2D eigenvalue weighted by Crippen LogP contribution is 2.37. The number of benzene rings is 1. The molecule has 0 saturated carbocycles. The Balaban J connectivity index is 2.20. The summed E-state index contributed by atoms with van der Waals surface area (Å²) in [5, 5.41) is 3.39. The molecule has 0 unspecified atom stereocenters. The van der Waals surface area contributed by atoms with Gasteiger partial charge >= 0.3 is 0 Å². The molecule has 0 fully saturated rings. The van der Waals surface area contributed by atoms with Gasteiger partial charge in [-0.15, -0.1) is 0 Å². The van der Waals surface area contributed by atoms with Crippen molar-refractivity contribution in [3.8, 4) is 0 Å². The number of anilines is 1. The van der Waals surface area contributed by atoms with E-state index in [2.05, 4.69) is 66.0 Å². The van der Waals surface area contributed by atoms with Gasteiger partial charge in [-0.2, -0.15) is 0 Å². The van der Waals surface area contributed by atoms with Crippen LogP contribution < -0.4 is 5.32 Å². The van der Waals surface area contributed by atoms with Crippen LogP contribution in [0.15, 0.2) is 41.6 Å². The van der Waals surface area contributed by atoms with Crippen molar-refractivity contribution in [3.05, 3.63) is 45.2 Å². The van der Waals surface area contributed by atoms with Crippen molar-refractivity contribution < 1.29 is 4.79 Å². The minimum absolute atomic E-state index is 0.118. The van der Waals surface area contributed by atoms with Gasteiger partial charge in [0, 0.05) is 20.5 Å². The van der Waals surface area contributed by atoms with Crippen LogP contribution in [-0.4, -0.2) is 5.94 Å². The molecule has 0 amide bonds. The molecule has 0 bridgehead atoms. The highest BCUT2D eigenvalue weighted by atomic mass is 127. The second-order valence-electron chi connectivity index (χ2n) is 5.45. The minimum atomic E-state index is 0.118. The molecule has 1 aromatic rings. The van der Waals surface area contributed by atoms with E-state index in [0.717, 1.165) is 29.8 Å². The fourth-order valence-electron chi connectivity index (χ4n) is 2.27. The monoisotopic (exact) mass is 353 g/mol. The largest absolute Gasteiger partial charge is 0.359 e. The molecule has 2 nitrogen and oxygen atoms in total. The molecule has 0 heterocycles. The third-order valence-electron chi connectivity index (χ3n) is 2.97. The number of rotatable bonds is 2. The Morgan fingerprint density at radius 2 is 1.89 bits per heavy atom. The molecule has 0 saturated heterocycles. The molecule has 94 valence electrons. The van der Waals surface area contributed by atoms with E-state index in [4.69, 9.17) is 0 Å². The number of hydrogen-bond donors (Lipinski definition) is 1. The second kappa shape index (κ2) is 5.29. The van der Waals surface area contributed by atoms with Crippen molar-refractivity contribution in [1.29, 1.82) is 0 Å². The Hall–Kier alpha value is -1.06. The van der Waals surface area contributed by atoms with Gasteiger partial charge in [-0.1, -0.05) is 13.8 Å². The number of hydrogen-bond acceptors (Lipinski definition) is 2. The Morgan fingerprint density at radius 3 is 2.50 bits per heavy atom. The van der Waals surface area contributed by atoms with E-state index in [1.165, 1.54) is 3.57 Å². The fraction of sp³-hybridized carbons (Fsp3) is 0.333. The molecule has 1 aromatic carbocycles. The molecule has 0 radical (unpaired) electrons. The predicted octanol–water partition coefficient (Wildman–Crippen LogP) is 4.17. The van der Waals surface area contributed by atoms with E-state index in [9.17, 15) is 4.79 Å². The summed E-state index contributed by atoms with van der Waals surface area (Å²) in [5.74, 6) is 2.03. The highest BCUT2D eigenvalue weighted by molar-refractivity contribution is 14.1. The van der Waals surface area contributed by atoms with Crippen molar-refractivity contribution in [2.75, 3.05) is 5.32 Å². The van der Waals surface area contributed by atoms with E-state index in [1.807, 2.05) is 12.0 Å². The third-order valence-corrected chi connectivity index (χ3v) is 3.69. The number of halogens is 1. The summed E-state index contributed by atoms with van der Waals surface area (Å²) < 4.78 is 1.21. The van der Waals surface area contributed by atoms with Crippen molar-refractivity contribution in [2.24, 2.45) is 5.41 Å². The van der Waals surface area contributed by atoms with Crippen LogP contribution in [0.25, 0.3) is 0 Å². The first-order valence-electron chi connectivity index (χ1n) is 5.96. The van der Waals surface area contributed by atoms with Crippen LogP contribution in [0.3, 0.4) is 0 Å². The lowest BCUT2D eigenvalue weighted by Gasteiger charge is -2.30. The third kappa shape index (κ3) is 3.47. The summed E-state index contributed by atoms with van der Waals surface area (Å²) >= 11 is 2.28. The van der Waals surface area contributed by atoms with Crippen molar-refractivity contribution in [1.82, 2.24) is 0 Å². The predicted molar refractivity (Wildman–Crippen MR) is 83.1 cm³/mol. The summed E-state index contributed by atoms with van der Waals surface area (Å²) in [6.07, 6.45) is 3.68. The lowest BCUT2D eigenvalue weighted by molar-refractivity contribution is 0.353. The zero-order valence-electron chi connectivity index (χ0n) is 10.6. The average molecular weight is 353 g/mol.